The third-order valence-electron chi connectivity index (χ3n) is 5.68. The van der Waals surface area contributed by atoms with Gasteiger partial charge in [-0.3, -0.25) is 14.7 Å². The van der Waals surface area contributed by atoms with E-state index in [1.807, 2.05) is 41.3 Å². The van der Waals surface area contributed by atoms with Crippen molar-refractivity contribution in [2.24, 2.45) is 0 Å². The third-order valence-corrected chi connectivity index (χ3v) is 5.68. The van der Waals surface area contributed by atoms with Gasteiger partial charge in [-0.1, -0.05) is 18.2 Å². The van der Waals surface area contributed by atoms with Crippen LogP contribution in [0.4, 0.5) is 5.69 Å². The highest BCUT2D eigenvalue weighted by Gasteiger charge is 2.28. The van der Waals surface area contributed by atoms with Gasteiger partial charge in [0.1, 0.15) is 5.56 Å². The zero-order valence-electron chi connectivity index (χ0n) is 17.6. The molecule has 2 aromatic heterocycles. The monoisotopic (exact) mass is 419 g/mol. The fraction of sp³-hybridized carbons (Fsp3) is 0.304. The number of hydrogen-bond donors (Lipinski definition) is 1. The minimum absolute atomic E-state index is 0.0756. The molecule has 0 spiro atoms. The van der Waals surface area contributed by atoms with Crippen molar-refractivity contribution in [3.8, 4) is 5.88 Å². The van der Waals surface area contributed by atoms with Crippen LogP contribution >= 0.6 is 0 Å². The second-order valence-corrected chi connectivity index (χ2v) is 7.53. The topological polar surface area (TPSA) is 91.4 Å². The Kier molecular flexibility index (Phi) is 5.97. The first-order valence-corrected chi connectivity index (χ1v) is 10.2. The van der Waals surface area contributed by atoms with Crippen molar-refractivity contribution in [3.05, 3.63) is 71.7 Å². The molecule has 2 amide bonds. The number of para-hydroxylation sites is 1. The number of piperidine rings is 1. The van der Waals surface area contributed by atoms with E-state index in [0.717, 1.165) is 24.2 Å². The molecule has 1 aliphatic heterocycles. The minimum Gasteiger partial charge on any atom is -0.480 e. The van der Waals surface area contributed by atoms with E-state index in [-0.39, 0.29) is 17.7 Å². The Hall–Kier alpha value is -3.68. The number of nitrogens with one attached hydrogen (secondary N) is 1. The molecule has 3 aromatic rings. The molecule has 31 heavy (non-hydrogen) atoms. The van der Waals surface area contributed by atoms with Crippen LogP contribution in [0.1, 0.15) is 45.3 Å². The number of carbonyl (C=O) groups excluding carboxylic acids is 2. The number of carbonyl (C=O) groups is 2. The molecule has 8 nitrogen and oxygen atoms in total. The first kappa shape index (κ1) is 20.6. The highest BCUT2D eigenvalue weighted by atomic mass is 16.5. The zero-order chi connectivity index (χ0) is 21.8. The summed E-state index contributed by atoms with van der Waals surface area (Å²) in [6, 6.07) is 14.8. The van der Waals surface area contributed by atoms with E-state index in [9.17, 15) is 9.59 Å². The summed E-state index contributed by atoms with van der Waals surface area (Å²) in [6.45, 7) is 1.24. The van der Waals surface area contributed by atoms with Crippen LogP contribution in [0.2, 0.25) is 0 Å². The highest BCUT2D eigenvalue weighted by molar-refractivity contribution is 6.04. The zero-order valence-corrected chi connectivity index (χ0v) is 17.6. The number of hydrogen-bond acceptors (Lipinski definition) is 5. The van der Waals surface area contributed by atoms with Crippen LogP contribution in [0.15, 0.2) is 54.7 Å². The predicted molar refractivity (Wildman–Crippen MR) is 116 cm³/mol. The summed E-state index contributed by atoms with van der Waals surface area (Å²) >= 11 is 0. The molecule has 8 heteroatoms. The van der Waals surface area contributed by atoms with Gasteiger partial charge in [0.25, 0.3) is 11.8 Å². The van der Waals surface area contributed by atoms with Gasteiger partial charge < -0.3 is 14.5 Å². The fourth-order valence-corrected chi connectivity index (χ4v) is 3.88. The smallest absolute Gasteiger partial charge is 0.278 e. The summed E-state index contributed by atoms with van der Waals surface area (Å²) in [4.78, 5) is 33.2. The van der Waals surface area contributed by atoms with E-state index in [2.05, 4.69) is 15.2 Å². The molecule has 1 aliphatic rings. The van der Waals surface area contributed by atoms with Crippen LogP contribution in [-0.2, 0) is 0 Å². The first-order valence-electron chi connectivity index (χ1n) is 10.2. The SMILES string of the molecule is COc1ncccc1C(=O)N1CCC(c2cc(C(=O)N(C)c3ccccc3)n[nH]2)CC1. The van der Waals surface area contributed by atoms with Crippen molar-refractivity contribution in [1.29, 1.82) is 0 Å². The van der Waals surface area contributed by atoms with E-state index < -0.39 is 0 Å². The number of likely N-dealkylation sites (tertiary alicyclic amines) is 1. The Morgan fingerprint density at radius 2 is 1.87 bits per heavy atom. The number of amides is 2. The molecule has 160 valence electrons. The number of rotatable bonds is 5. The molecule has 1 fully saturated rings. The molecular formula is C23H25N5O3. The van der Waals surface area contributed by atoms with Crippen molar-refractivity contribution in [2.45, 2.75) is 18.8 Å². The normalized spacial score (nSPS) is 14.3. The lowest BCUT2D eigenvalue weighted by molar-refractivity contribution is 0.0707. The Bertz CT molecular complexity index is 1060. The number of ether oxygens (including phenoxy) is 1. The van der Waals surface area contributed by atoms with Gasteiger partial charge in [0.15, 0.2) is 5.69 Å². The molecule has 0 atom stereocenters. The summed E-state index contributed by atoms with van der Waals surface area (Å²) in [5.41, 5.74) is 2.60. The second-order valence-electron chi connectivity index (χ2n) is 7.53. The van der Waals surface area contributed by atoms with Crippen LogP contribution in [0.5, 0.6) is 5.88 Å². The van der Waals surface area contributed by atoms with Crippen LogP contribution < -0.4 is 9.64 Å². The molecule has 4 rings (SSSR count). The Morgan fingerprint density at radius 1 is 1.13 bits per heavy atom. The molecule has 1 N–H and O–H groups in total. The largest absolute Gasteiger partial charge is 0.480 e. The standard InChI is InChI=1S/C23H25N5O3/c1-27(17-7-4-3-5-8-17)23(30)20-15-19(25-26-20)16-10-13-28(14-11-16)22(29)18-9-6-12-24-21(18)31-2/h3-9,12,15-16H,10-11,13-14H2,1-2H3,(H,25,26). The lowest BCUT2D eigenvalue weighted by atomic mass is 9.93. The lowest BCUT2D eigenvalue weighted by Crippen LogP contribution is -2.38. The van der Waals surface area contributed by atoms with Gasteiger partial charge in [0, 0.05) is 43.6 Å². The molecule has 0 bridgehead atoms. The van der Waals surface area contributed by atoms with Gasteiger partial charge in [-0.15, -0.1) is 0 Å². The maximum atomic E-state index is 12.9. The molecule has 0 unspecified atom stereocenters. The quantitative estimate of drug-likeness (QED) is 0.686. The third kappa shape index (κ3) is 4.28. The predicted octanol–water partition coefficient (Wildman–Crippen LogP) is 3.11. The average molecular weight is 419 g/mol. The number of aromatic nitrogens is 3. The summed E-state index contributed by atoms with van der Waals surface area (Å²) in [5.74, 6) is 0.322. The highest BCUT2D eigenvalue weighted by Crippen LogP contribution is 2.29. The maximum Gasteiger partial charge on any atom is 0.278 e. The number of benzene rings is 1. The van der Waals surface area contributed by atoms with Crippen LogP contribution in [0, 0.1) is 0 Å². The molecule has 1 aromatic carbocycles. The van der Waals surface area contributed by atoms with E-state index in [1.165, 1.54) is 7.11 Å². The summed E-state index contributed by atoms with van der Waals surface area (Å²) < 4.78 is 5.22. The number of pyridine rings is 1. The Morgan fingerprint density at radius 3 is 2.58 bits per heavy atom. The number of H-pyrrole nitrogens is 1. The molecule has 0 aliphatic carbocycles. The fourth-order valence-electron chi connectivity index (χ4n) is 3.88. The Labute approximate surface area is 180 Å². The van der Waals surface area contributed by atoms with Crippen molar-refractivity contribution in [3.63, 3.8) is 0 Å². The van der Waals surface area contributed by atoms with Gasteiger partial charge in [-0.05, 0) is 43.2 Å². The maximum absolute atomic E-state index is 12.9. The number of nitrogens with zero attached hydrogens (tertiary/aromatic N) is 4. The van der Waals surface area contributed by atoms with Crippen molar-refractivity contribution in [2.75, 3.05) is 32.1 Å². The average Bonchev–Trinajstić information content (AvgIpc) is 3.33. The molecule has 0 radical (unpaired) electrons. The number of methoxy groups -OCH3 is 1. The van der Waals surface area contributed by atoms with E-state index in [0.29, 0.717) is 30.2 Å². The van der Waals surface area contributed by atoms with Gasteiger partial charge >= 0.3 is 0 Å². The van der Waals surface area contributed by atoms with Crippen molar-refractivity contribution < 1.29 is 14.3 Å². The summed E-state index contributed by atoms with van der Waals surface area (Å²) in [5, 5.41) is 7.27. The molecule has 1 saturated heterocycles. The van der Waals surface area contributed by atoms with E-state index in [1.54, 1.807) is 30.3 Å². The van der Waals surface area contributed by atoms with Gasteiger partial charge in [0.05, 0.1) is 7.11 Å². The van der Waals surface area contributed by atoms with E-state index in [4.69, 9.17) is 4.74 Å². The summed E-state index contributed by atoms with van der Waals surface area (Å²) in [7, 11) is 3.25. The molecular weight excluding hydrogens is 394 g/mol. The Balaban J connectivity index is 1.39. The van der Waals surface area contributed by atoms with E-state index >= 15 is 0 Å². The van der Waals surface area contributed by atoms with Crippen molar-refractivity contribution in [1.82, 2.24) is 20.1 Å². The van der Waals surface area contributed by atoms with Crippen LogP contribution in [0.3, 0.4) is 0 Å². The molecule has 3 heterocycles. The number of anilines is 1. The lowest BCUT2D eigenvalue weighted by Gasteiger charge is -2.31. The van der Waals surface area contributed by atoms with Crippen molar-refractivity contribution >= 4 is 17.5 Å². The van der Waals surface area contributed by atoms with Gasteiger partial charge in [-0.25, -0.2) is 4.98 Å². The molecule has 0 saturated carbocycles. The van der Waals surface area contributed by atoms with Gasteiger partial charge in [-0.2, -0.15) is 5.10 Å². The minimum atomic E-state index is -0.162. The van der Waals surface area contributed by atoms with Crippen LogP contribution in [0.25, 0.3) is 0 Å². The first-order chi connectivity index (χ1) is 15.1. The number of aromatic amines is 1. The van der Waals surface area contributed by atoms with Gasteiger partial charge in [0.2, 0.25) is 5.88 Å². The van der Waals surface area contributed by atoms with Crippen LogP contribution in [-0.4, -0.2) is 59.1 Å². The second kappa shape index (κ2) is 8.99. The summed E-state index contributed by atoms with van der Waals surface area (Å²) in [6.07, 6.45) is 3.19.